The third kappa shape index (κ3) is 3.94. The average molecular weight is 311 g/mol. The molecule has 0 bridgehead atoms. The highest BCUT2D eigenvalue weighted by Gasteiger charge is 2.19. The van der Waals surface area contributed by atoms with E-state index in [4.69, 9.17) is 17.3 Å². The van der Waals surface area contributed by atoms with Crippen LogP contribution in [0.5, 0.6) is 0 Å². The Morgan fingerprint density at radius 3 is 2.67 bits per heavy atom. The fraction of sp³-hybridized carbons (Fsp3) is 0.400. The minimum Gasteiger partial charge on any atom is -0.398 e. The van der Waals surface area contributed by atoms with Crippen LogP contribution in [0.15, 0.2) is 23.1 Å². The van der Waals surface area contributed by atoms with Gasteiger partial charge in [-0.05, 0) is 25.1 Å². The molecular formula is C10H15ClN2O3S2. The van der Waals surface area contributed by atoms with E-state index in [1.807, 2.05) is 0 Å². The number of hydrogen-bond acceptors (Lipinski definition) is 4. The third-order valence-electron chi connectivity index (χ3n) is 2.39. The molecule has 5 nitrogen and oxygen atoms in total. The largest absolute Gasteiger partial charge is 0.398 e. The maximum atomic E-state index is 12.0. The van der Waals surface area contributed by atoms with Crippen molar-refractivity contribution in [1.82, 2.24) is 4.72 Å². The molecule has 1 aromatic carbocycles. The Balaban J connectivity index is 2.93. The van der Waals surface area contributed by atoms with Crippen LogP contribution in [-0.4, -0.2) is 30.7 Å². The number of rotatable bonds is 5. The molecule has 3 N–H and O–H groups in total. The zero-order valence-corrected chi connectivity index (χ0v) is 12.4. The van der Waals surface area contributed by atoms with Gasteiger partial charge in [0, 0.05) is 33.9 Å². The van der Waals surface area contributed by atoms with Gasteiger partial charge in [-0.15, -0.1) is 0 Å². The van der Waals surface area contributed by atoms with E-state index in [0.29, 0.717) is 0 Å². The predicted octanol–water partition coefficient (Wildman–Crippen LogP) is 0.968. The van der Waals surface area contributed by atoms with Gasteiger partial charge >= 0.3 is 0 Å². The van der Waals surface area contributed by atoms with Crippen LogP contribution in [0.3, 0.4) is 0 Å². The van der Waals surface area contributed by atoms with Crippen LogP contribution >= 0.6 is 11.6 Å². The van der Waals surface area contributed by atoms with Gasteiger partial charge in [-0.1, -0.05) is 11.6 Å². The minimum atomic E-state index is -3.74. The Labute approximate surface area is 114 Å². The van der Waals surface area contributed by atoms with Crippen molar-refractivity contribution in [1.29, 1.82) is 0 Å². The van der Waals surface area contributed by atoms with Gasteiger partial charge in [-0.2, -0.15) is 0 Å². The summed E-state index contributed by atoms with van der Waals surface area (Å²) in [5, 5.41) is 0.0110. The van der Waals surface area contributed by atoms with E-state index in [0.717, 1.165) is 0 Å². The highest BCUT2D eigenvalue weighted by molar-refractivity contribution is 7.89. The maximum absolute atomic E-state index is 12.0. The summed E-state index contributed by atoms with van der Waals surface area (Å²) < 4.78 is 37.5. The lowest BCUT2D eigenvalue weighted by atomic mass is 10.3. The van der Waals surface area contributed by atoms with Crippen LogP contribution < -0.4 is 10.5 Å². The molecule has 2 atom stereocenters. The van der Waals surface area contributed by atoms with Crippen LogP contribution in [0.4, 0.5) is 5.69 Å². The molecule has 0 amide bonds. The summed E-state index contributed by atoms with van der Waals surface area (Å²) >= 11 is 5.74. The van der Waals surface area contributed by atoms with Crippen molar-refractivity contribution in [3.63, 3.8) is 0 Å². The number of benzene rings is 1. The Bertz CT molecular complexity index is 560. The van der Waals surface area contributed by atoms with Crippen LogP contribution in [0.2, 0.25) is 5.02 Å². The molecule has 102 valence electrons. The number of sulfonamides is 1. The molecule has 1 rings (SSSR count). The SMILES string of the molecule is CC(CNS(=O)(=O)c1cc(Cl)ccc1N)S(C)=O. The van der Waals surface area contributed by atoms with Gasteiger partial charge in [0.15, 0.2) is 0 Å². The van der Waals surface area contributed by atoms with Gasteiger partial charge < -0.3 is 5.73 Å². The normalized spacial score (nSPS) is 15.3. The molecule has 2 unspecified atom stereocenters. The zero-order valence-electron chi connectivity index (χ0n) is 10.0. The van der Waals surface area contributed by atoms with Gasteiger partial charge in [-0.25, -0.2) is 13.1 Å². The molecule has 0 aliphatic carbocycles. The average Bonchev–Trinajstić information content (AvgIpc) is 2.29. The zero-order chi connectivity index (χ0) is 13.9. The molecule has 0 saturated heterocycles. The summed E-state index contributed by atoms with van der Waals surface area (Å²) in [5.74, 6) is 0. The number of halogens is 1. The molecule has 0 saturated carbocycles. The molecule has 0 aliphatic rings. The Kier molecular flexibility index (Phi) is 5.15. The second kappa shape index (κ2) is 6.01. The second-order valence-corrected chi connectivity index (χ2v) is 7.82. The Morgan fingerprint density at radius 1 is 1.50 bits per heavy atom. The van der Waals surface area contributed by atoms with E-state index in [9.17, 15) is 12.6 Å². The lowest BCUT2D eigenvalue weighted by Gasteiger charge is -2.12. The van der Waals surface area contributed by atoms with Crippen molar-refractivity contribution in [2.24, 2.45) is 0 Å². The fourth-order valence-electron chi connectivity index (χ4n) is 1.16. The van der Waals surface area contributed by atoms with Gasteiger partial charge in [-0.3, -0.25) is 4.21 Å². The molecule has 0 radical (unpaired) electrons. The van der Waals surface area contributed by atoms with Crippen LogP contribution in [0, 0.1) is 0 Å². The quantitative estimate of drug-likeness (QED) is 0.793. The highest BCUT2D eigenvalue weighted by atomic mass is 35.5. The molecule has 0 fully saturated rings. The van der Waals surface area contributed by atoms with Gasteiger partial charge in [0.2, 0.25) is 10.0 Å². The first kappa shape index (κ1) is 15.4. The van der Waals surface area contributed by atoms with Gasteiger partial charge in [0.05, 0.1) is 5.69 Å². The highest BCUT2D eigenvalue weighted by Crippen LogP contribution is 2.22. The summed E-state index contributed by atoms with van der Waals surface area (Å²) in [6, 6.07) is 4.23. The minimum absolute atomic E-state index is 0.0657. The molecule has 0 aromatic heterocycles. The van der Waals surface area contributed by atoms with Crippen molar-refractivity contribution in [2.75, 3.05) is 18.5 Å². The lowest BCUT2D eigenvalue weighted by molar-refractivity contribution is 0.581. The lowest BCUT2D eigenvalue weighted by Crippen LogP contribution is -2.33. The van der Waals surface area contributed by atoms with E-state index in [2.05, 4.69) is 4.72 Å². The first-order valence-electron chi connectivity index (χ1n) is 5.11. The first-order valence-corrected chi connectivity index (χ1v) is 8.59. The van der Waals surface area contributed by atoms with Crippen molar-refractivity contribution in [2.45, 2.75) is 17.1 Å². The molecule has 0 spiro atoms. The van der Waals surface area contributed by atoms with Crippen LogP contribution in [0.1, 0.15) is 6.92 Å². The van der Waals surface area contributed by atoms with E-state index in [-0.39, 0.29) is 27.4 Å². The number of anilines is 1. The standard InChI is InChI=1S/C10H15ClN2O3S2/c1-7(17(2)14)6-13-18(15,16)10-5-8(11)3-4-9(10)12/h3-5,7,13H,6,12H2,1-2H3. The summed E-state index contributed by atoms with van der Waals surface area (Å²) in [4.78, 5) is -0.0657. The summed E-state index contributed by atoms with van der Waals surface area (Å²) in [6.45, 7) is 1.78. The van der Waals surface area contributed by atoms with Crippen molar-refractivity contribution in [3.8, 4) is 0 Å². The number of hydrogen-bond donors (Lipinski definition) is 2. The van der Waals surface area contributed by atoms with E-state index in [1.54, 1.807) is 6.92 Å². The monoisotopic (exact) mass is 310 g/mol. The summed E-state index contributed by atoms with van der Waals surface area (Å²) in [7, 11) is -4.83. The third-order valence-corrected chi connectivity index (χ3v) is 5.41. The summed E-state index contributed by atoms with van der Waals surface area (Å²) in [6.07, 6.45) is 1.52. The molecule has 0 aliphatic heterocycles. The fourth-order valence-corrected chi connectivity index (χ4v) is 3.11. The number of nitrogens with two attached hydrogens (primary N) is 1. The molecule has 1 aromatic rings. The van der Waals surface area contributed by atoms with Gasteiger partial charge in [0.25, 0.3) is 0 Å². The Hall–Kier alpha value is -0.630. The van der Waals surface area contributed by atoms with Crippen LogP contribution in [0.25, 0.3) is 0 Å². The summed E-state index contributed by atoms with van der Waals surface area (Å²) in [5.41, 5.74) is 5.73. The van der Waals surface area contributed by atoms with Crippen molar-refractivity contribution >= 4 is 38.1 Å². The second-order valence-electron chi connectivity index (χ2n) is 3.84. The molecule has 8 heteroatoms. The van der Waals surface area contributed by atoms with Crippen LogP contribution in [-0.2, 0) is 20.8 Å². The first-order chi connectivity index (χ1) is 8.24. The topological polar surface area (TPSA) is 89.3 Å². The predicted molar refractivity (Wildman–Crippen MR) is 74.6 cm³/mol. The molecular weight excluding hydrogens is 296 g/mol. The van der Waals surface area contributed by atoms with Crippen molar-refractivity contribution < 1.29 is 12.6 Å². The molecule has 0 heterocycles. The van der Waals surface area contributed by atoms with Crippen molar-refractivity contribution in [3.05, 3.63) is 23.2 Å². The van der Waals surface area contributed by atoms with E-state index >= 15 is 0 Å². The smallest absolute Gasteiger partial charge is 0.242 e. The number of nitrogen functional groups attached to an aromatic ring is 1. The maximum Gasteiger partial charge on any atom is 0.242 e. The number of nitrogens with one attached hydrogen (secondary N) is 1. The van der Waals surface area contributed by atoms with E-state index in [1.165, 1.54) is 24.5 Å². The molecule has 18 heavy (non-hydrogen) atoms. The Morgan fingerprint density at radius 2 is 2.11 bits per heavy atom. The van der Waals surface area contributed by atoms with Gasteiger partial charge in [0.1, 0.15) is 4.90 Å². The van der Waals surface area contributed by atoms with E-state index < -0.39 is 20.8 Å².